The van der Waals surface area contributed by atoms with Gasteiger partial charge in [-0.2, -0.15) is 5.26 Å². The van der Waals surface area contributed by atoms with Crippen LogP contribution in [0.3, 0.4) is 0 Å². The molecular weight excluding hydrogens is 316 g/mol. The molecule has 6 heteroatoms. The summed E-state index contributed by atoms with van der Waals surface area (Å²) in [7, 11) is 0. The van der Waals surface area contributed by atoms with Crippen LogP contribution in [0.5, 0.6) is 0 Å². The second kappa shape index (κ2) is 7.96. The van der Waals surface area contributed by atoms with Gasteiger partial charge >= 0.3 is 0 Å². The van der Waals surface area contributed by atoms with Crippen molar-refractivity contribution in [3.05, 3.63) is 29.8 Å². The van der Waals surface area contributed by atoms with Gasteiger partial charge < -0.3 is 10.0 Å². The van der Waals surface area contributed by atoms with E-state index in [1.54, 1.807) is 12.1 Å². The largest absolute Gasteiger partial charge is 0.395 e. The van der Waals surface area contributed by atoms with Gasteiger partial charge in [0.1, 0.15) is 0 Å². The Kier molecular flexibility index (Phi) is 5.69. The highest BCUT2D eigenvalue weighted by atomic mass is 16.3. The third kappa shape index (κ3) is 3.69. The van der Waals surface area contributed by atoms with Crippen LogP contribution in [0.4, 0.5) is 5.69 Å². The first-order chi connectivity index (χ1) is 12.2. The van der Waals surface area contributed by atoms with E-state index >= 15 is 0 Å². The summed E-state index contributed by atoms with van der Waals surface area (Å²) in [6.07, 6.45) is 1.79. The molecule has 0 radical (unpaired) electrons. The second-order valence-corrected chi connectivity index (χ2v) is 6.77. The fourth-order valence-corrected chi connectivity index (χ4v) is 3.89. The number of aliphatic hydroxyl groups is 1. The highest BCUT2D eigenvalue weighted by Gasteiger charge is 2.38. The lowest BCUT2D eigenvalue weighted by Crippen LogP contribution is -2.55. The highest BCUT2D eigenvalue weighted by Crippen LogP contribution is 2.25. The van der Waals surface area contributed by atoms with E-state index in [1.165, 1.54) is 0 Å². The molecule has 25 heavy (non-hydrogen) atoms. The Labute approximate surface area is 149 Å². The van der Waals surface area contributed by atoms with Crippen LogP contribution in [-0.4, -0.2) is 72.2 Å². The van der Waals surface area contributed by atoms with Crippen molar-refractivity contribution in [3.63, 3.8) is 0 Å². The van der Waals surface area contributed by atoms with Crippen LogP contribution in [0.1, 0.15) is 25.3 Å². The molecule has 2 aliphatic rings. The molecule has 0 bridgehead atoms. The third-order valence-corrected chi connectivity index (χ3v) is 5.47. The lowest BCUT2D eigenvalue weighted by molar-refractivity contribution is -0.122. The number of hydrogen-bond acceptors (Lipinski definition) is 5. The Morgan fingerprint density at radius 1 is 1.20 bits per heavy atom. The quantitative estimate of drug-likeness (QED) is 0.866. The van der Waals surface area contributed by atoms with Gasteiger partial charge in [0.2, 0.25) is 5.91 Å². The number of nitriles is 1. The molecule has 0 aromatic heterocycles. The van der Waals surface area contributed by atoms with Gasteiger partial charge in [0, 0.05) is 44.5 Å². The Hall–Kier alpha value is -1.94. The van der Waals surface area contributed by atoms with Crippen molar-refractivity contribution in [2.24, 2.45) is 0 Å². The molecule has 134 valence electrons. The number of rotatable bonds is 5. The predicted octanol–water partition coefficient (Wildman–Crippen LogP) is 1.05. The lowest BCUT2D eigenvalue weighted by atomic mass is 10.1. The SMILES string of the molecule is CCC(CO)N1CCN(C2CCN(c3ccc(C#N)cc3)C2=O)CC1. The molecule has 2 atom stereocenters. The number of aliphatic hydroxyl groups excluding tert-OH is 1. The summed E-state index contributed by atoms with van der Waals surface area (Å²) in [4.78, 5) is 19.3. The van der Waals surface area contributed by atoms with Crippen LogP contribution in [0, 0.1) is 11.3 Å². The highest BCUT2D eigenvalue weighted by molar-refractivity contribution is 5.99. The molecule has 0 saturated carbocycles. The van der Waals surface area contributed by atoms with E-state index in [0.717, 1.165) is 51.3 Å². The first-order valence-electron chi connectivity index (χ1n) is 9.08. The van der Waals surface area contributed by atoms with Crippen molar-refractivity contribution < 1.29 is 9.90 Å². The summed E-state index contributed by atoms with van der Waals surface area (Å²) in [5.74, 6) is 0.160. The summed E-state index contributed by atoms with van der Waals surface area (Å²) in [5.41, 5.74) is 1.48. The zero-order valence-corrected chi connectivity index (χ0v) is 14.8. The van der Waals surface area contributed by atoms with Crippen LogP contribution in [0.15, 0.2) is 24.3 Å². The standard InChI is InChI=1S/C19H26N4O2/c1-2-16(14-24)21-9-11-22(12-10-21)18-7-8-23(19(18)25)17-5-3-15(13-20)4-6-17/h3-6,16,18,24H,2,7-12,14H2,1H3. The van der Waals surface area contributed by atoms with E-state index in [4.69, 9.17) is 5.26 Å². The first kappa shape index (κ1) is 17.9. The smallest absolute Gasteiger partial charge is 0.244 e. The number of hydrogen-bond donors (Lipinski definition) is 1. The van der Waals surface area contributed by atoms with Gasteiger partial charge in [0.05, 0.1) is 24.3 Å². The molecule has 2 heterocycles. The fraction of sp³-hybridized carbons (Fsp3) is 0.579. The van der Waals surface area contributed by atoms with Gasteiger partial charge in [-0.25, -0.2) is 0 Å². The number of nitrogens with zero attached hydrogens (tertiary/aromatic N) is 4. The number of anilines is 1. The summed E-state index contributed by atoms with van der Waals surface area (Å²) in [6, 6.07) is 9.51. The van der Waals surface area contributed by atoms with Crippen molar-refractivity contribution in [2.45, 2.75) is 31.8 Å². The maximum atomic E-state index is 12.9. The molecule has 1 amide bonds. The maximum Gasteiger partial charge on any atom is 0.244 e. The number of piperazine rings is 1. The topological polar surface area (TPSA) is 70.8 Å². The Morgan fingerprint density at radius 3 is 2.44 bits per heavy atom. The monoisotopic (exact) mass is 342 g/mol. The van der Waals surface area contributed by atoms with Gasteiger partial charge in [-0.05, 0) is 37.1 Å². The minimum atomic E-state index is -0.0491. The Morgan fingerprint density at radius 2 is 1.88 bits per heavy atom. The van der Waals surface area contributed by atoms with Crippen molar-refractivity contribution >= 4 is 11.6 Å². The molecule has 2 aliphatic heterocycles. The number of benzene rings is 1. The Bertz CT molecular complexity index is 628. The average molecular weight is 342 g/mol. The molecule has 6 nitrogen and oxygen atoms in total. The van der Waals surface area contributed by atoms with Crippen LogP contribution in [-0.2, 0) is 4.79 Å². The van der Waals surface area contributed by atoms with Crippen molar-refractivity contribution in [3.8, 4) is 6.07 Å². The van der Waals surface area contributed by atoms with Gasteiger partial charge in [-0.15, -0.1) is 0 Å². The van der Waals surface area contributed by atoms with E-state index < -0.39 is 0 Å². The number of carbonyl (C=O) groups is 1. The molecule has 1 aromatic carbocycles. The summed E-state index contributed by atoms with van der Waals surface area (Å²) in [5, 5.41) is 18.4. The number of amides is 1. The van der Waals surface area contributed by atoms with Crippen molar-refractivity contribution in [2.75, 3.05) is 44.2 Å². The van der Waals surface area contributed by atoms with Crippen molar-refractivity contribution in [1.82, 2.24) is 9.80 Å². The molecule has 0 spiro atoms. The van der Waals surface area contributed by atoms with Gasteiger partial charge in [0.15, 0.2) is 0 Å². The number of carbonyl (C=O) groups excluding carboxylic acids is 1. The van der Waals surface area contributed by atoms with Crippen molar-refractivity contribution in [1.29, 1.82) is 5.26 Å². The fourth-order valence-electron chi connectivity index (χ4n) is 3.89. The molecular formula is C19H26N4O2. The summed E-state index contributed by atoms with van der Waals surface area (Å²) in [6.45, 7) is 6.57. The predicted molar refractivity (Wildman–Crippen MR) is 96.2 cm³/mol. The summed E-state index contributed by atoms with van der Waals surface area (Å²) < 4.78 is 0. The molecule has 2 fully saturated rings. The van der Waals surface area contributed by atoms with Crippen LogP contribution < -0.4 is 4.90 Å². The third-order valence-electron chi connectivity index (χ3n) is 5.47. The van der Waals surface area contributed by atoms with Gasteiger partial charge in [-0.3, -0.25) is 14.6 Å². The molecule has 2 unspecified atom stereocenters. The Balaban J connectivity index is 1.60. The molecule has 1 aromatic rings. The van der Waals surface area contributed by atoms with E-state index in [0.29, 0.717) is 5.56 Å². The van der Waals surface area contributed by atoms with E-state index in [1.807, 2.05) is 17.0 Å². The minimum absolute atomic E-state index is 0.0491. The van der Waals surface area contributed by atoms with Crippen LogP contribution in [0.25, 0.3) is 0 Å². The zero-order chi connectivity index (χ0) is 17.8. The minimum Gasteiger partial charge on any atom is -0.395 e. The average Bonchev–Trinajstić information content (AvgIpc) is 3.05. The van der Waals surface area contributed by atoms with Crippen LogP contribution in [0.2, 0.25) is 0 Å². The van der Waals surface area contributed by atoms with E-state index in [-0.39, 0.29) is 24.6 Å². The molecule has 3 rings (SSSR count). The molecule has 0 aliphatic carbocycles. The van der Waals surface area contributed by atoms with Gasteiger partial charge in [-0.1, -0.05) is 6.92 Å². The first-order valence-corrected chi connectivity index (χ1v) is 9.08. The molecule has 1 N–H and O–H groups in total. The molecule has 2 saturated heterocycles. The van der Waals surface area contributed by atoms with E-state index in [2.05, 4.69) is 22.8 Å². The lowest BCUT2D eigenvalue weighted by Gasteiger charge is -2.40. The maximum absolute atomic E-state index is 12.9. The zero-order valence-electron chi connectivity index (χ0n) is 14.8. The summed E-state index contributed by atoms with van der Waals surface area (Å²) >= 11 is 0. The van der Waals surface area contributed by atoms with Crippen LogP contribution >= 0.6 is 0 Å². The van der Waals surface area contributed by atoms with E-state index in [9.17, 15) is 9.90 Å². The van der Waals surface area contributed by atoms with Gasteiger partial charge in [0.25, 0.3) is 0 Å². The normalized spacial score (nSPS) is 23.6. The second-order valence-electron chi connectivity index (χ2n) is 6.77.